The third-order valence-corrected chi connectivity index (χ3v) is 2.95. The van der Waals surface area contributed by atoms with Gasteiger partial charge < -0.3 is 5.84 Å². The Balaban J connectivity index is 2.52. The Morgan fingerprint density at radius 1 is 1.62 bits per heavy atom. The normalized spacial score (nSPS) is 10.5. The summed E-state index contributed by atoms with van der Waals surface area (Å²) in [5.41, 5.74) is 1.31. The minimum atomic E-state index is 0.854. The fraction of sp³-hybridized carbons (Fsp3) is 0.222. The Labute approximate surface area is 80.8 Å². The Morgan fingerprint density at radius 3 is 3.08 bits per heavy atom. The molecule has 0 aliphatic heterocycles. The van der Waals surface area contributed by atoms with Gasteiger partial charge in [-0.3, -0.25) is 0 Å². The maximum absolute atomic E-state index is 5.72. The quantitative estimate of drug-likeness (QED) is 0.740. The highest BCUT2D eigenvalue weighted by Crippen LogP contribution is 2.27. The van der Waals surface area contributed by atoms with Gasteiger partial charge >= 0.3 is 0 Å². The molecule has 2 aromatic rings. The molecule has 0 saturated carbocycles. The molecule has 0 aliphatic carbocycles. The van der Waals surface area contributed by atoms with Crippen molar-refractivity contribution in [3.05, 3.63) is 29.4 Å². The number of rotatable bonds is 2. The summed E-state index contributed by atoms with van der Waals surface area (Å²) in [5.74, 6) is 6.57. The summed E-state index contributed by atoms with van der Waals surface area (Å²) in [6.45, 7) is 2.13. The summed E-state index contributed by atoms with van der Waals surface area (Å²) >= 11 is 1.68. The second-order valence-corrected chi connectivity index (χ2v) is 3.70. The fourth-order valence-corrected chi connectivity index (χ4v) is 2.29. The van der Waals surface area contributed by atoms with Gasteiger partial charge in [0.2, 0.25) is 0 Å². The van der Waals surface area contributed by atoms with Crippen molar-refractivity contribution in [2.75, 3.05) is 5.84 Å². The number of thiophene rings is 1. The van der Waals surface area contributed by atoms with Gasteiger partial charge in [-0.25, -0.2) is 9.66 Å². The van der Waals surface area contributed by atoms with Gasteiger partial charge in [-0.05, 0) is 23.4 Å². The standard InChI is InChI=1S/C9H11N3S/c1-2-7-3-6-13-8(7)9-11-4-5-12(9)10/h3-6H,2,10H2,1H3. The molecule has 0 spiro atoms. The lowest BCUT2D eigenvalue weighted by molar-refractivity contribution is 1.01. The van der Waals surface area contributed by atoms with E-state index in [1.165, 1.54) is 10.4 Å². The lowest BCUT2D eigenvalue weighted by Crippen LogP contribution is -2.08. The maximum Gasteiger partial charge on any atom is 0.168 e. The van der Waals surface area contributed by atoms with Crippen LogP contribution in [-0.2, 0) is 6.42 Å². The Morgan fingerprint density at radius 2 is 2.46 bits per heavy atom. The Kier molecular flexibility index (Phi) is 2.06. The van der Waals surface area contributed by atoms with E-state index < -0.39 is 0 Å². The van der Waals surface area contributed by atoms with Crippen LogP contribution in [0.1, 0.15) is 12.5 Å². The van der Waals surface area contributed by atoms with Crippen LogP contribution in [0.25, 0.3) is 10.7 Å². The lowest BCUT2D eigenvalue weighted by Gasteiger charge is -2.00. The summed E-state index contributed by atoms with van der Waals surface area (Å²) < 4.78 is 1.56. The topological polar surface area (TPSA) is 43.8 Å². The van der Waals surface area contributed by atoms with Crippen LogP contribution < -0.4 is 5.84 Å². The Hall–Kier alpha value is -1.29. The zero-order chi connectivity index (χ0) is 9.26. The van der Waals surface area contributed by atoms with E-state index in [1.807, 2.05) is 0 Å². The highest BCUT2D eigenvalue weighted by molar-refractivity contribution is 7.13. The average molecular weight is 193 g/mol. The predicted octanol–water partition coefficient (Wildman–Crippen LogP) is 1.89. The molecule has 0 fully saturated rings. The first kappa shape index (κ1) is 8.31. The summed E-state index contributed by atoms with van der Waals surface area (Å²) in [6.07, 6.45) is 4.49. The molecular weight excluding hydrogens is 182 g/mol. The fourth-order valence-electron chi connectivity index (χ4n) is 1.30. The van der Waals surface area contributed by atoms with Gasteiger partial charge in [-0.15, -0.1) is 11.3 Å². The van der Waals surface area contributed by atoms with Crippen molar-refractivity contribution in [2.24, 2.45) is 0 Å². The van der Waals surface area contributed by atoms with Crippen LogP contribution in [0.4, 0.5) is 0 Å². The Bertz CT molecular complexity index is 402. The van der Waals surface area contributed by atoms with Crippen molar-refractivity contribution >= 4 is 11.3 Å². The predicted molar refractivity (Wildman–Crippen MR) is 55.1 cm³/mol. The number of nitrogens with zero attached hydrogens (tertiary/aromatic N) is 2. The van der Waals surface area contributed by atoms with Crippen LogP contribution in [0, 0.1) is 0 Å². The maximum atomic E-state index is 5.72. The van der Waals surface area contributed by atoms with Crippen LogP contribution in [0.15, 0.2) is 23.8 Å². The van der Waals surface area contributed by atoms with Gasteiger partial charge in [-0.2, -0.15) is 0 Å². The SMILES string of the molecule is CCc1ccsc1-c1nccn1N. The number of aromatic nitrogens is 2. The molecule has 2 N–H and O–H groups in total. The molecule has 0 radical (unpaired) electrons. The molecule has 0 unspecified atom stereocenters. The number of nitrogens with two attached hydrogens (primary N) is 1. The molecule has 2 rings (SSSR count). The van der Waals surface area contributed by atoms with E-state index in [2.05, 4.69) is 23.4 Å². The van der Waals surface area contributed by atoms with Gasteiger partial charge in [0.25, 0.3) is 0 Å². The lowest BCUT2D eigenvalue weighted by atomic mass is 10.2. The molecule has 0 atom stereocenters. The zero-order valence-corrected chi connectivity index (χ0v) is 8.21. The van der Waals surface area contributed by atoms with Gasteiger partial charge in [0.1, 0.15) is 0 Å². The first-order valence-corrected chi connectivity index (χ1v) is 5.06. The van der Waals surface area contributed by atoms with Gasteiger partial charge in [0, 0.05) is 12.4 Å². The summed E-state index contributed by atoms with van der Waals surface area (Å²) in [7, 11) is 0. The number of aryl methyl sites for hydroxylation is 1. The summed E-state index contributed by atoms with van der Waals surface area (Å²) in [5, 5.41) is 2.07. The van der Waals surface area contributed by atoms with Gasteiger partial charge in [0.15, 0.2) is 5.82 Å². The van der Waals surface area contributed by atoms with E-state index in [-0.39, 0.29) is 0 Å². The van der Waals surface area contributed by atoms with Crippen molar-refractivity contribution in [1.82, 2.24) is 9.66 Å². The molecule has 2 heterocycles. The highest BCUT2D eigenvalue weighted by atomic mass is 32.1. The van der Waals surface area contributed by atoms with Crippen LogP contribution in [-0.4, -0.2) is 9.66 Å². The third kappa shape index (κ3) is 1.33. The zero-order valence-electron chi connectivity index (χ0n) is 7.40. The van der Waals surface area contributed by atoms with Crippen molar-refractivity contribution in [2.45, 2.75) is 13.3 Å². The smallest absolute Gasteiger partial charge is 0.168 e. The largest absolute Gasteiger partial charge is 0.338 e. The molecule has 68 valence electrons. The van der Waals surface area contributed by atoms with Crippen molar-refractivity contribution in [3.63, 3.8) is 0 Å². The molecule has 3 nitrogen and oxygen atoms in total. The van der Waals surface area contributed by atoms with Crippen LogP contribution >= 0.6 is 11.3 Å². The van der Waals surface area contributed by atoms with E-state index in [9.17, 15) is 0 Å². The summed E-state index contributed by atoms with van der Waals surface area (Å²) in [4.78, 5) is 5.39. The molecular formula is C9H11N3S. The van der Waals surface area contributed by atoms with Gasteiger partial charge in [0.05, 0.1) is 4.88 Å². The van der Waals surface area contributed by atoms with E-state index >= 15 is 0 Å². The van der Waals surface area contributed by atoms with Crippen LogP contribution in [0.3, 0.4) is 0 Å². The monoisotopic (exact) mass is 193 g/mol. The van der Waals surface area contributed by atoms with Crippen molar-refractivity contribution in [3.8, 4) is 10.7 Å². The van der Waals surface area contributed by atoms with Crippen LogP contribution in [0.2, 0.25) is 0 Å². The van der Waals surface area contributed by atoms with E-state index in [0.717, 1.165) is 12.2 Å². The molecule has 13 heavy (non-hydrogen) atoms. The molecule has 0 saturated heterocycles. The number of hydrogen-bond donors (Lipinski definition) is 1. The van der Waals surface area contributed by atoms with Crippen molar-refractivity contribution < 1.29 is 0 Å². The molecule has 2 aromatic heterocycles. The van der Waals surface area contributed by atoms with E-state index in [1.54, 1.807) is 28.4 Å². The minimum absolute atomic E-state index is 0.854. The second kappa shape index (κ2) is 3.22. The first-order chi connectivity index (χ1) is 6.33. The number of nitrogen functional groups attached to an aromatic ring is 1. The third-order valence-electron chi connectivity index (χ3n) is 2.00. The van der Waals surface area contributed by atoms with Gasteiger partial charge in [-0.1, -0.05) is 6.92 Å². The van der Waals surface area contributed by atoms with Crippen molar-refractivity contribution in [1.29, 1.82) is 0 Å². The van der Waals surface area contributed by atoms with Crippen LogP contribution in [0.5, 0.6) is 0 Å². The first-order valence-electron chi connectivity index (χ1n) is 4.18. The molecule has 4 heteroatoms. The number of hydrogen-bond acceptors (Lipinski definition) is 3. The summed E-state index contributed by atoms with van der Waals surface area (Å²) in [6, 6.07) is 2.12. The number of imidazole rings is 1. The second-order valence-electron chi connectivity index (χ2n) is 2.79. The minimum Gasteiger partial charge on any atom is -0.338 e. The highest BCUT2D eigenvalue weighted by Gasteiger charge is 2.09. The molecule has 0 aromatic carbocycles. The van der Waals surface area contributed by atoms with E-state index in [0.29, 0.717) is 0 Å². The molecule has 0 bridgehead atoms. The molecule has 0 amide bonds. The average Bonchev–Trinajstić information content (AvgIpc) is 2.71. The van der Waals surface area contributed by atoms with E-state index in [4.69, 9.17) is 5.84 Å². The molecule has 0 aliphatic rings.